The Kier molecular flexibility index (Phi) is 16.0. The predicted molar refractivity (Wildman–Crippen MR) is 13.5 cm³/mol. The SMILES string of the molecule is [Cu+].[NH-]NC=O. The van der Waals surface area contributed by atoms with E-state index in [1.165, 1.54) is 5.43 Å². The van der Waals surface area contributed by atoms with Crippen LogP contribution in [0.4, 0.5) is 0 Å². The topological polar surface area (TPSA) is 52.9 Å². The number of hydrogen-bond acceptors (Lipinski definition) is 1. The van der Waals surface area contributed by atoms with Gasteiger partial charge in [0.1, 0.15) is 0 Å². The number of rotatable bonds is 1. The van der Waals surface area contributed by atoms with E-state index in [9.17, 15) is 0 Å². The van der Waals surface area contributed by atoms with Gasteiger partial charge >= 0.3 is 17.1 Å². The van der Waals surface area contributed by atoms with E-state index in [0.29, 0.717) is 6.41 Å². The van der Waals surface area contributed by atoms with Crippen molar-refractivity contribution in [1.82, 2.24) is 5.43 Å². The Morgan fingerprint density at radius 1 is 1.80 bits per heavy atom. The zero-order chi connectivity index (χ0) is 3.41. The molecule has 4 heteroatoms. The molecular weight excluding hydrogens is 120 g/mol. The van der Waals surface area contributed by atoms with Crippen LogP contribution in [0.15, 0.2) is 0 Å². The van der Waals surface area contributed by atoms with Crippen molar-refractivity contribution >= 4 is 6.41 Å². The second kappa shape index (κ2) is 9.04. The molecule has 1 amide bonds. The fourth-order valence-electron chi connectivity index (χ4n) is 0. The maximum absolute atomic E-state index is 8.88. The van der Waals surface area contributed by atoms with Crippen LogP contribution in [-0.4, -0.2) is 6.41 Å². The number of hydrogen-bond donors (Lipinski definition) is 1. The van der Waals surface area contributed by atoms with E-state index in [1.807, 2.05) is 0 Å². The van der Waals surface area contributed by atoms with Crippen molar-refractivity contribution in [3.05, 3.63) is 5.84 Å². The van der Waals surface area contributed by atoms with Crippen molar-refractivity contribution in [3.8, 4) is 0 Å². The Bertz CT molecular complexity index is 23.6. The Morgan fingerprint density at radius 2 is 2.00 bits per heavy atom. The van der Waals surface area contributed by atoms with Gasteiger partial charge in [-0.15, -0.1) is 0 Å². The molecule has 5 heavy (non-hydrogen) atoms. The fourth-order valence-corrected chi connectivity index (χ4v) is 0. The molecule has 0 bridgehead atoms. The number of amides is 1. The molecule has 0 saturated heterocycles. The average Bonchev–Trinajstić information content (AvgIpc) is 1.37. The van der Waals surface area contributed by atoms with E-state index in [4.69, 9.17) is 10.6 Å². The van der Waals surface area contributed by atoms with E-state index in [2.05, 4.69) is 0 Å². The molecule has 2 N–H and O–H groups in total. The summed E-state index contributed by atoms with van der Waals surface area (Å²) in [4.78, 5) is 8.88. The maximum Gasteiger partial charge on any atom is 1.00 e. The maximum atomic E-state index is 8.88. The molecule has 0 saturated carbocycles. The predicted octanol–water partition coefficient (Wildman–Crippen LogP) is -0.303. The molecule has 0 unspecified atom stereocenters. The van der Waals surface area contributed by atoms with E-state index < -0.39 is 0 Å². The summed E-state index contributed by atoms with van der Waals surface area (Å²) in [5, 5.41) is 0. The summed E-state index contributed by atoms with van der Waals surface area (Å²) in [5.74, 6) is 5.83. The van der Waals surface area contributed by atoms with Gasteiger partial charge in [-0.3, -0.25) is 4.79 Å². The summed E-state index contributed by atoms with van der Waals surface area (Å²) in [6.45, 7) is 0. The minimum absolute atomic E-state index is 0. The van der Waals surface area contributed by atoms with Gasteiger partial charge in [-0.1, -0.05) is 0 Å². The molecule has 0 aromatic carbocycles. The summed E-state index contributed by atoms with van der Waals surface area (Å²) in [7, 11) is 0. The molecule has 0 fully saturated rings. The van der Waals surface area contributed by atoms with Gasteiger partial charge in [0.2, 0.25) is 0 Å². The molecule has 0 spiro atoms. The van der Waals surface area contributed by atoms with Gasteiger partial charge in [-0.25, -0.2) is 0 Å². The van der Waals surface area contributed by atoms with Crippen molar-refractivity contribution in [2.45, 2.75) is 0 Å². The summed E-state index contributed by atoms with van der Waals surface area (Å²) in [5.41, 5.74) is 1.50. The van der Waals surface area contributed by atoms with Gasteiger partial charge in [0.15, 0.2) is 6.41 Å². The van der Waals surface area contributed by atoms with Crippen LogP contribution < -0.4 is 5.43 Å². The van der Waals surface area contributed by atoms with E-state index >= 15 is 0 Å². The Balaban J connectivity index is 0. The molecule has 0 aliphatic rings. The van der Waals surface area contributed by atoms with E-state index in [0.717, 1.165) is 0 Å². The summed E-state index contributed by atoms with van der Waals surface area (Å²) in [6.07, 6.45) is 0.292. The van der Waals surface area contributed by atoms with Crippen LogP contribution in [0.2, 0.25) is 0 Å². The van der Waals surface area contributed by atoms with Gasteiger partial charge in [0.25, 0.3) is 0 Å². The van der Waals surface area contributed by atoms with Crippen molar-refractivity contribution in [1.29, 1.82) is 0 Å². The van der Waals surface area contributed by atoms with Crippen LogP contribution in [0, 0.1) is 0 Å². The van der Waals surface area contributed by atoms with Crippen molar-refractivity contribution in [3.63, 3.8) is 0 Å². The molecule has 0 aromatic rings. The fraction of sp³-hybridized carbons (Fsp3) is 0. The number of nitrogens with one attached hydrogen (secondary N) is 2. The molecule has 3 nitrogen and oxygen atoms in total. The standard InChI is InChI=1S/CH3N2O.Cu/c2-3-1-4;/h1-2H,(H,3,4);/q-1;+1. The molecule has 0 aliphatic carbocycles. The second-order valence-corrected chi connectivity index (χ2v) is 0.262. The largest absolute Gasteiger partial charge is 1.00 e. The van der Waals surface area contributed by atoms with Gasteiger partial charge in [-0.2, -0.15) is 0 Å². The third-order valence-corrected chi connectivity index (χ3v) is 0.0589. The summed E-state index contributed by atoms with van der Waals surface area (Å²) in [6, 6.07) is 0. The second-order valence-electron chi connectivity index (χ2n) is 0.262. The molecular formula is CH3CuN2O. The van der Waals surface area contributed by atoms with Crippen molar-refractivity contribution in [2.24, 2.45) is 0 Å². The Labute approximate surface area is 40.4 Å². The Hall–Kier alpha value is -0.0505. The van der Waals surface area contributed by atoms with Crippen LogP contribution in [-0.2, 0) is 21.9 Å². The minimum atomic E-state index is 0. The number of carbonyl (C=O) groups excluding carboxylic acids is 1. The third kappa shape index (κ3) is 16.6. The first-order valence-corrected chi connectivity index (χ1v) is 0.774. The molecule has 0 rings (SSSR count). The summed E-state index contributed by atoms with van der Waals surface area (Å²) >= 11 is 0. The van der Waals surface area contributed by atoms with E-state index in [-0.39, 0.29) is 17.1 Å². The van der Waals surface area contributed by atoms with Crippen LogP contribution in [0.25, 0.3) is 5.84 Å². The van der Waals surface area contributed by atoms with Gasteiger partial charge in [-0.05, 0) is 0 Å². The van der Waals surface area contributed by atoms with Crippen LogP contribution in [0.3, 0.4) is 0 Å². The third-order valence-electron chi connectivity index (χ3n) is 0.0589. The van der Waals surface area contributed by atoms with E-state index in [1.54, 1.807) is 0 Å². The molecule has 34 valence electrons. The van der Waals surface area contributed by atoms with Crippen molar-refractivity contribution < 1.29 is 21.9 Å². The van der Waals surface area contributed by atoms with Gasteiger partial charge in [0, 0.05) is 0 Å². The Morgan fingerprint density at radius 3 is 2.00 bits per heavy atom. The van der Waals surface area contributed by atoms with Gasteiger partial charge < -0.3 is 11.3 Å². The zero-order valence-corrected chi connectivity index (χ0v) is 3.23. The molecule has 0 heterocycles. The molecule has 0 aromatic heterocycles. The van der Waals surface area contributed by atoms with Crippen LogP contribution in [0.1, 0.15) is 0 Å². The first-order chi connectivity index (χ1) is 1.91. The first-order valence-electron chi connectivity index (χ1n) is 0.774. The quantitative estimate of drug-likeness (QED) is 0.290. The molecule has 0 aliphatic heterocycles. The first kappa shape index (κ1) is 8.87. The summed E-state index contributed by atoms with van der Waals surface area (Å²) < 4.78 is 0. The van der Waals surface area contributed by atoms with Crippen LogP contribution >= 0.6 is 0 Å². The molecule has 0 atom stereocenters. The van der Waals surface area contributed by atoms with Crippen LogP contribution in [0.5, 0.6) is 0 Å². The molecule has 0 radical (unpaired) electrons. The zero-order valence-electron chi connectivity index (χ0n) is 2.29. The minimum Gasteiger partial charge on any atom is -0.584 e. The average molecular weight is 123 g/mol. The van der Waals surface area contributed by atoms with Gasteiger partial charge in [0.05, 0.1) is 0 Å². The smallest absolute Gasteiger partial charge is 0.584 e. The monoisotopic (exact) mass is 122 g/mol. The van der Waals surface area contributed by atoms with Crippen molar-refractivity contribution in [2.75, 3.05) is 0 Å². The normalized spacial score (nSPS) is 4.20. The number of carbonyl (C=O) groups is 1.